The number of hydrogen-bond acceptors (Lipinski definition) is 4. The SMILES string of the molecule is Cc1ccc(CC(=O)N(CCn2nc(C)cc2C)c2nc3ccccc3s2)cc1. The number of thiazole rings is 1. The van der Waals surface area contributed by atoms with Gasteiger partial charge < -0.3 is 0 Å². The zero-order valence-electron chi connectivity index (χ0n) is 16.9. The van der Waals surface area contributed by atoms with Crippen molar-refractivity contribution in [3.8, 4) is 0 Å². The van der Waals surface area contributed by atoms with E-state index in [9.17, 15) is 4.79 Å². The highest BCUT2D eigenvalue weighted by Crippen LogP contribution is 2.29. The first-order valence-corrected chi connectivity index (χ1v) is 10.5. The Morgan fingerprint density at radius 2 is 1.83 bits per heavy atom. The van der Waals surface area contributed by atoms with Crippen molar-refractivity contribution < 1.29 is 4.79 Å². The number of hydrogen-bond donors (Lipinski definition) is 0. The maximum atomic E-state index is 13.2. The molecule has 2 heterocycles. The smallest absolute Gasteiger partial charge is 0.233 e. The summed E-state index contributed by atoms with van der Waals surface area (Å²) in [6.45, 7) is 7.24. The van der Waals surface area contributed by atoms with Crippen LogP contribution in [0.4, 0.5) is 5.13 Å². The average Bonchev–Trinajstić information content (AvgIpc) is 3.26. The van der Waals surface area contributed by atoms with Crippen LogP contribution in [0.2, 0.25) is 0 Å². The Morgan fingerprint density at radius 3 is 2.52 bits per heavy atom. The number of para-hydroxylation sites is 1. The number of rotatable bonds is 6. The summed E-state index contributed by atoms with van der Waals surface area (Å²) in [6, 6.07) is 18.2. The molecule has 0 N–H and O–H groups in total. The van der Waals surface area contributed by atoms with Gasteiger partial charge >= 0.3 is 0 Å². The molecule has 0 atom stereocenters. The Kier molecular flexibility index (Phi) is 5.45. The third kappa shape index (κ3) is 4.38. The predicted octanol–water partition coefficient (Wildman–Crippen LogP) is 4.69. The van der Waals surface area contributed by atoms with Crippen molar-refractivity contribution in [2.45, 2.75) is 33.7 Å². The fraction of sp³-hybridized carbons (Fsp3) is 0.261. The fourth-order valence-corrected chi connectivity index (χ4v) is 4.38. The molecule has 2 aromatic carbocycles. The molecule has 0 aliphatic rings. The first kappa shape index (κ1) is 19.3. The van der Waals surface area contributed by atoms with Gasteiger partial charge in [-0.15, -0.1) is 0 Å². The van der Waals surface area contributed by atoms with Crippen molar-refractivity contribution in [2.24, 2.45) is 0 Å². The summed E-state index contributed by atoms with van der Waals surface area (Å²) in [5, 5.41) is 5.27. The van der Waals surface area contributed by atoms with Crippen molar-refractivity contribution in [1.82, 2.24) is 14.8 Å². The van der Waals surface area contributed by atoms with E-state index in [1.54, 1.807) is 16.2 Å². The maximum Gasteiger partial charge on any atom is 0.233 e. The van der Waals surface area contributed by atoms with Crippen LogP contribution in [0.5, 0.6) is 0 Å². The number of aromatic nitrogens is 3. The van der Waals surface area contributed by atoms with E-state index >= 15 is 0 Å². The molecular formula is C23H24N4OS. The van der Waals surface area contributed by atoms with Crippen molar-refractivity contribution >= 4 is 32.6 Å². The second kappa shape index (κ2) is 8.17. The quantitative estimate of drug-likeness (QED) is 0.468. The highest BCUT2D eigenvalue weighted by atomic mass is 32.1. The van der Waals surface area contributed by atoms with Gasteiger partial charge in [-0.3, -0.25) is 14.4 Å². The van der Waals surface area contributed by atoms with Crippen molar-refractivity contribution in [1.29, 1.82) is 0 Å². The van der Waals surface area contributed by atoms with Crippen LogP contribution in [0, 0.1) is 20.8 Å². The summed E-state index contributed by atoms with van der Waals surface area (Å²) in [5.41, 5.74) is 5.20. The molecule has 148 valence electrons. The highest BCUT2D eigenvalue weighted by molar-refractivity contribution is 7.22. The number of nitrogens with zero attached hydrogens (tertiary/aromatic N) is 4. The molecule has 0 saturated heterocycles. The third-order valence-corrected chi connectivity index (χ3v) is 5.99. The Labute approximate surface area is 174 Å². The van der Waals surface area contributed by atoms with Gasteiger partial charge in [-0.25, -0.2) is 4.98 Å². The number of carbonyl (C=O) groups is 1. The summed E-state index contributed by atoms with van der Waals surface area (Å²) in [6.07, 6.45) is 0.354. The van der Waals surface area contributed by atoms with Crippen LogP contribution < -0.4 is 4.90 Å². The lowest BCUT2D eigenvalue weighted by atomic mass is 10.1. The molecule has 0 saturated carbocycles. The standard InChI is InChI=1S/C23H24N4OS/c1-16-8-10-19(11-9-16)15-22(28)26(12-13-27-18(3)14-17(2)25-27)23-24-20-6-4-5-7-21(20)29-23/h4-11,14H,12-13,15H2,1-3H3. The molecule has 5 nitrogen and oxygen atoms in total. The zero-order valence-corrected chi connectivity index (χ0v) is 17.7. The van der Waals surface area contributed by atoms with Gasteiger partial charge in [-0.1, -0.05) is 53.3 Å². The molecule has 0 radical (unpaired) electrons. The first-order chi connectivity index (χ1) is 14.0. The van der Waals surface area contributed by atoms with E-state index in [1.165, 1.54) is 5.56 Å². The molecular weight excluding hydrogens is 380 g/mol. The summed E-state index contributed by atoms with van der Waals surface area (Å²) in [7, 11) is 0. The van der Waals surface area contributed by atoms with Gasteiger partial charge in [0.25, 0.3) is 0 Å². The lowest BCUT2D eigenvalue weighted by molar-refractivity contribution is -0.118. The van der Waals surface area contributed by atoms with Crippen LogP contribution in [-0.4, -0.2) is 27.2 Å². The largest absolute Gasteiger partial charge is 0.286 e. The van der Waals surface area contributed by atoms with Crippen LogP contribution in [0.25, 0.3) is 10.2 Å². The van der Waals surface area contributed by atoms with Crippen molar-refractivity contribution in [3.63, 3.8) is 0 Å². The van der Waals surface area contributed by atoms with E-state index in [4.69, 9.17) is 4.98 Å². The molecule has 6 heteroatoms. The second-order valence-corrected chi connectivity index (χ2v) is 8.33. The average molecular weight is 405 g/mol. The topological polar surface area (TPSA) is 51.0 Å². The van der Waals surface area contributed by atoms with E-state index in [2.05, 4.69) is 11.2 Å². The first-order valence-electron chi connectivity index (χ1n) is 9.72. The van der Waals surface area contributed by atoms with E-state index < -0.39 is 0 Å². The van der Waals surface area contributed by atoms with Gasteiger partial charge in [0.05, 0.1) is 28.9 Å². The van der Waals surface area contributed by atoms with E-state index in [1.807, 2.05) is 74.0 Å². The van der Waals surface area contributed by atoms with E-state index in [0.29, 0.717) is 19.5 Å². The van der Waals surface area contributed by atoms with Gasteiger partial charge in [0.15, 0.2) is 5.13 Å². The summed E-state index contributed by atoms with van der Waals surface area (Å²) in [5.74, 6) is 0.0504. The normalized spacial score (nSPS) is 11.1. The van der Waals surface area contributed by atoms with Gasteiger partial charge in [0.1, 0.15) is 0 Å². The Morgan fingerprint density at radius 1 is 1.07 bits per heavy atom. The van der Waals surface area contributed by atoms with Crippen LogP contribution in [-0.2, 0) is 17.8 Å². The molecule has 0 spiro atoms. The molecule has 29 heavy (non-hydrogen) atoms. The second-order valence-electron chi connectivity index (χ2n) is 7.32. The van der Waals surface area contributed by atoms with Gasteiger partial charge in [-0.2, -0.15) is 5.10 Å². The van der Waals surface area contributed by atoms with Gasteiger partial charge in [-0.05, 0) is 44.5 Å². The van der Waals surface area contributed by atoms with Crippen molar-refractivity contribution in [3.05, 3.63) is 77.1 Å². The number of carbonyl (C=O) groups excluding carboxylic acids is 1. The number of aryl methyl sites for hydroxylation is 3. The maximum absolute atomic E-state index is 13.2. The number of benzene rings is 2. The molecule has 0 aliphatic heterocycles. The monoisotopic (exact) mass is 404 g/mol. The third-order valence-electron chi connectivity index (χ3n) is 4.93. The molecule has 2 aromatic heterocycles. The van der Waals surface area contributed by atoms with Crippen LogP contribution in [0.15, 0.2) is 54.6 Å². The minimum atomic E-state index is 0.0504. The van der Waals surface area contributed by atoms with Crippen molar-refractivity contribution in [2.75, 3.05) is 11.4 Å². The fourth-order valence-electron chi connectivity index (χ4n) is 3.37. The Hall–Kier alpha value is -2.99. The van der Waals surface area contributed by atoms with Crippen LogP contribution in [0.3, 0.4) is 0 Å². The lowest BCUT2D eigenvalue weighted by Gasteiger charge is -2.20. The van der Waals surface area contributed by atoms with E-state index in [0.717, 1.165) is 32.3 Å². The summed E-state index contributed by atoms with van der Waals surface area (Å²) >= 11 is 1.56. The number of anilines is 1. The Balaban J connectivity index is 1.61. The summed E-state index contributed by atoms with van der Waals surface area (Å²) < 4.78 is 3.04. The molecule has 1 amide bonds. The molecule has 0 aliphatic carbocycles. The number of amides is 1. The molecule has 0 fully saturated rings. The van der Waals surface area contributed by atoms with Gasteiger partial charge in [0, 0.05) is 12.2 Å². The number of fused-ring (bicyclic) bond motifs is 1. The zero-order chi connectivity index (χ0) is 20.4. The Bertz CT molecular complexity index is 1110. The summed E-state index contributed by atoms with van der Waals surface area (Å²) in [4.78, 5) is 19.8. The van der Waals surface area contributed by atoms with Gasteiger partial charge in [0.2, 0.25) is 5.91 Å². The van der Waals surface area contributed by atoms with Crippen LogP contribution >= 0.6 is 11.3 Å². The molecule has 0 unspecified atom stereocenters. The lowest BCUT2D eigenvalue weighted by Crippen LogP contribution is -2.35. The minimum Gasteiger partial charge on any atom is -0.286 e. The minimum absolute atomic E-state index is 0.0504. The predicted molar refractivity (Wildman–Crippen MR) is 119 cm³/mol. The highest BCUT2D eigenvalue weighted by Gasteiger charge is 2.20. The molecule has 0 bridgehead atoms. The molecule has 4 rings (SSSR count). The van der Waals surface area contributed by atoms with E-state index in [-0.39, 0.29) is 5.91 Å². The van der Waals surface area contributed by atoms with Crippen LogP contribution in [0.1, 0.15) is 22.5 Å². The molecule has 4 aromatic rings.